The Morgan fingerprint density at radius 2 is 1.76 bits per heavy atom. The monoisotopic (exact) mass is 582 g/mol. The van der Waals surface area contributed by atoms with E-state index in [2.05, 4.69) is 51.4 Å². The maximum absolute atomic E-state index is 11.1. The predicted molar refractivity (Wildman–Crippen MR) is 150 cm³/mol. The molecule has 0 unspecified atom stereocenters. The number of rotatable bonds is 8. The lowest BCUT2D eigenvalue weighted by Gasteiger charge is -2.34. The number of hydrogen-bond acceptors (Lipinski definition) is 7. The molecule has 0 aliphatic carbocycles. The molecule has 1 aliphatic heterocycles. The highest BCUT2D eigenvalue weighted by molar-refractivity contribution is 5.87. The van der Waals surface area contributed by atoms with Crippen LogP contribution in [0.4, 0.5) is 24.7 Å². The minimum Gasteiger partial charge on any atom is -0.478 e. The van der Waals surface area contributed by atoms with Gasteiger partial charge in [0.1, 0.15) is 5.82 Å². The fourth-order valence-electron chi connectivity index (χ4n) is 4.43. The van der Waals surface area contributed by atoms with E-state index in [0.717, 1.165) is 47.7 Å². The van der Waals surface area contributed by atoms with E-state index in [1.165, 1.54) is 5.56 Å². The molecular formula is C29H29F3N6O4. The van der Waals surface area contributed by atoms with Crippen molar-refractivity contribution in [3.05, 3.63) is 95.9 Å². The number of carboxylic acids is 2. The number of aromatic carboxylic acids is 1. The summed E-state index contributed by atoms with van der Waals surface area (Å²) in [6, 6.07) is 19.7. The zero-order valence-electron chi connectivity index (χ0n) is 22.5. The van der Waals surface area contributed by atoms with E-state index in [1.54, 1.807) is 16.8 Å². The summed E-state index contributed by atoms with van der Waals surface area (Å²) in [4.78, 5) is 24.7. The number of pyridine rings is 1. The fraction of sp³-hybridized carbons (Fsp3) is 0.241. The standard InChI is InChI=1S/C27H28N6O2.C2HF3O2/c1-33-17-22(15-31-33)21-13-23-26(30-14-21)32-24(16-29-23)25(19-5-3-2-4-6-19)28-12-11-18-7-9-20(10-8-18)27(34)35;3-2(4,5)1(6)7/h2-10,13-15,17,24-25,28-29H,11-12,16H2,1H3,(H,30,32)(H,34,35);(H,6,7)/t24-,25-;/m1./s1. The second-order valence-electron chi connectivity index (χ2n) is 9.55. The number of aliphatic carboxylic acids is 1. The summed E-state index contributed by atoms with van der Waals surface area (Å²) >= 11 is 0. The van der Waals surface area contributed by atoms with Gasteiger partial charge in [0, 0.05) is 37.1 Å². The number of benzene rings is 2. The largest absolute Gasteiger partial charge is 0.490 e. The van der Waals surface area contributed by atoms with Crippen molar-refractivity contribution >= 4 is 23.4 Å². The number of alkyl halides is 3. The van der Waals surface area contributed by atoms with Crippen molar-refractivity contribution in [1.82, 2.24) is 20.1 Å². The van der Waals surface area contributed by atoms with Crippen LogP contribution in [0.3, 0.4) is 0 Å². The van der Waals surface area contributed by atoms with Gasteiger partial charge in [0.05, 0.1) is 29.5 Å². The second kappa shape index (κ2) is 13.2. The van der Waals surface area contributed by atoms with E-state index in [4.69, 9.17) is 20.0 Å². The molecule has 2 atom stereocenters. The summed E-state index contributed by atoms with van der Waals surface area (Å²) in [7, 11) is 1.90. The van der Waals surface area contributed by atoms with Gasteiger partial charge in [-0.05, 0) is 42.3 Å². The summed E-state index contributed by atoms with van der Waals surface area (Å²) in [6.07, 6.45) is 1.41. The molecule has 0 amide bonds. The van der Waals surface area contributed by atoms with Crippen LogP contribution in [-0.4, -0.2) is 62.2 Å². The Balaban J connectivity index is 0.000000517. The SMILES string of the molecule is Cn1cc(-c2cnc3c(c2)NC[C@H]([C@H](NCCc2ccc(C(=O)O)cc2)c2ccccc2)N3)cn1.O=C(O)C(F)(F)F. The molecule has 5 rings (SSSR count). The number of nitrogens with zero attached hydrogens (tertiary/aromatic N) is 3. The molecule has 0 spiro atoms. The second-order valence-corrected chi connectivity index (χ2v) is 9.55. The number of carbonyl (C=O) groups is 2. The Labute approximate surface area is 239 Å². The van der Waals surface area contributed by atoms with Gasteiger partial charge in [-0.3, -0.25) is 4.68 Å². The summed E-state index contributed by atoms with van der Waals surface area (Å²) in [5.41, 5.74) is 5.64. The zero-order chi connectivity index (χ0) is 30.3. The van der Waals surface area contributed by atoms with Crippen LogP contribution in [0.15, 0.2) is 79.3 Å². The van der Waals surface area contributed by atoms with Crippen molar-refractivity contribution in [2.45, 2.75) is 24.7 Å². The van der Waals surface area contributed by atoms with Crippen LogP contribution in [0.5, 0.6) is 0 Å². The topological polar surface area (TPSA) is 141 Å². The molecule has 2 aromatic carbocycles. The van der Waals surface area contributed by atoms with Gasteiger partial charge in [-0.25, -0.2) is 14.6 Å². The Hall–Kier alpha value is -4.91. The number of halogens is 3. The molecule has 5 N–H and O–H groups in total. The van der Waals surface area contributed by atoms with Crippen LogP contribution in [0.1, 0.15) is 27.5 Å². The zero-order valence-corrected chi connectivity index (χ0v) is 22.5. The highest BCUT2D eigenvalue weighted by Gasteiger charge is 2.38. The molecule has 0 radical (unpaired) electrons. The van der Waals surface area contributed by atoms with Crippen molar-refractivity contribution in [3.8, 4) is 11.1 Å². The molecule has 220 valence electrons. The highest BCUT2D eigenvalue weighted by Crippen LogP contribution is 2.32. The molecule has 2 aromatic heterocycles. The third kappa shape index (κ3) is 7.85. The Kier molecular flexibility index (Phi) is 9.42. The van der Waals surface area contributed by atoms with Gasteiger partial charge in [0.25, 0.3) is 0 Å². The van der Waals surface area contributed by atoms with Gasteiger partial charge < -0.3 is 26.2 Å². The Bertz CT molecular complexity index is 1510. The quantitative estimate of drug-likeness (QED) is 0.202. The lowest BCUT2D eigenvalue weighted by atomic mass is 9.97. The summed E-state index contributed by atoms with van der Waals surface area (Å²) in [6.45, 7) is 1.50. The first-order valence-electron chi connectivity index (χ1n) is 12.9. The smallest absolute Gasteiger partial charge is 0.478 e. The Morgan fingerprint density at radius 3 is 2.36 bits per heavy atom. The number of fused-ring (bicyclic) bond motifs is 1. The molecule has 42 heavy (non-hydrogen) atoms. The highest BCUT2D eigenvalue weighted by atomic mass is 19.4. The maximum Gasteiger partial charge on any atom is 0.490 e. The van der Waals surface area contributed by atoms with Gasteiger partial charge in [0.2, 0.25) is 0 Å². The molecule has 13 heteroatoms. The maximum atomic E-state index is 11.1. The van der Waals surface area contributed by atoms with E-state index >= 15 is 0 Å². The van der Waals surface area contributed by atoms with E-state index in [0.29, 0.717) is 5.56 Å². The summed E-state index contributed by atoms with van der Waals surface area (Å²) < 4.78 is 33.5. The minimum absolute atomic E-state index is 0.0648. The van der Waals surface area contributed by atoms with E-state index in [-0.39, 0.29) is 12.1 Å². The molecule has 0 saturated carbocycles. The number of carboxylic acid groups (broad SMARTS) is 2. The van der Waals surface area contributed by atoms with Crippen LogP contribution in [0.2, 0.25) is 0 Å². The first-order chi connectivity index (χ1) is 20.0. The van der Waals surface area contributed by atoms with Crippen molar-refractivity contribution in [3.63, 3.8) is 0 Å². The van der Waals surface area contributed by atoms with Gasteiger partial charge in [-0.2, -0.15) is 18.3 Å². The molecule has 0 fully saturated rings. The third-order valence-corrected chi connectivity index (χ3v) is 6.54. The van der Waals surface area contributed by atoms with Crippen LogP contribution < -0.4 is 16.0 Å². The summed E-state index contributed by atoms with van der Waals surface area (Å²) in [5.74, 6) is -2.83. The van der Waals surface area contributed by atoms with Crippen molar-refractivity contribution < 1.29 is 33.0 Å². The lowest BCUT2D eigenvalue weighted by molar-refractivity contribution is -0.192. The summed E-state index contributed by atoms with van der Waals surface area (Å²) in [5, 5.41) is 31.4. The molecule has 1 aliphatic rings. The molecule has 0 saturated heterocycles. The van der Waals surface area contributed by atoms with E-state index < -0.39 is 18.1 Å². The van der Waals surface area contributed by atoms with Gasteiger partial charge in [-0.1, -0.05) is 42.5 Å². The van der Waals surface area contributed by atoms with E-state index in [9.17, 15) is 18.0 Å². The van der Waals surface area contributed by atoms with Crippen LogP contribution in [0.25, 0.3) is 11.1 Å². The number of anilines is 2. The van der Waals surface area contributed by atoms with E-state index in [1.807, 2.05) is 43.8 Å². The van der Waals surface area contributed by atoms with Crippen LogP contribution in [-0.2, 0) is 18.3 Å². The number of nitrogens with one attached hydrogen (secondary N) is 3. The third-order valence-electron chi connectivity index (χ3n) is 6.54. The first-order valence-corrected chi connectivity index (χ1v) is 12.9. The molecule has 0 bridgehead atoms. The van der Waals surface area contributed by atoms with Crippen molar-refractivity contribution in [2.75, 3.05) is 23.7 Å². The molecular weight excluding hydrogens is 553 g/mol. The lowest BCUT2D eigenvalue weighted by Crippen LogP contribution is -2.44. The molecule has 4 aromatic rings. The normalized spacial score (nSPS) is 14.8. The van der Waals surface area contributed by atoms with Crippen molar-refractivity contribution in [2.24, 2.45) is 7.05 Å². The number of aryl methyl sites for hydroxylation is 1. The Morgan fingerprint density at radius 1 is 1.07 bits per heavy atom. The van der Waals surface area contributed by atoms with Gasteiger partial charge >= 0.3 is 18.1 Å². The van der Waals surface area contributed by atoms with Crippen molar-refractivity contribution in [1.29, 1.82) is 0 Å². The number of aromatic nitrogens is 3. The van der Waals surface area contributed by atoms with Crippen LogP contribution >= 0.6 is 0 Å². The average molecular weight is 583 g/mol. The molecule has 3 heterocycles. The molecule has 10 nitrogen and oxygen atoms in total. The predicted octanol–water partition coefficient (Wildman–Crippen LogP) is 4.59. The minimum atomic E-state index is -5.08. The van der Waals surface area contributed by atoms with Gasteiger partial charge in [-0.15, -0.1) is 0 Å². The fourth-order valence-corrected chi connectivity index (χ4v) is 4.43. The number of hydrogen-bond donors (Lipinski definition) is 5. The first kappa shape index (κ1) is 30.1. The van der Waals surface area contributed by atoms with Crippen LogP contribution in [0, 0.1) is 0 Å². The average Bonchev–Trinajstić information content (AvgIpc) is 3.41. The van der Waals surface area contributed by atoms with Gasteiger partial charge in [0.15, 0.2) is 0 Å².